The third kappa shape index (κ3) is 8.58. The number of ether oxygens (including phenoxy) is 1. The highest BCUT2D eigenvalue weighted by molar-refractivity contribution is 7.82. The Morgan fingerprint density at radius 2 is 1.78 bits per heavy atom. The van der Waals surface area contributed by atoms with E-state index in [-0.39, 0.29) is 43.0 Å². The van der Waals surface area contributed by atoms with Crippen molar-refractivity contribution in [2.75, 3.05) is 14.2 Å². The fourth-order valence-electron chi connectivity index (χ4n) is 4.10. The van der Waals surface area contributed by atoms with Crippen molar-refractivity contribution in [3.63, 3.8) is 0 Å². The summed E-state index contributed by atoms with van der Waals surface area (Å²) in [5.74, 6) is -1.41. The average Bonchev–Trinajstić information content (AvgIpc) is 3.24. The van der Waals surface area contributed by atoms with Gasteiger partial charge >= 0.3 is 5.97 Å². The first-order chi connectivity index (χ1) is 17.1. The monoisotopic (exact) mass is 518 g/mol. The molecule has 2 rings (SSSR count). The van der Waals surface area contributed by atoms with Gasteiger partial charge in [-0.05, 0) is 36.8 Å². The summed E-state index contributed by atoms with van der Waals surface area (Å²) in [6, 6.07) is 6.88. The van der Waals surface area contributed by atoms with E-state index >= 15 is 0 Å². The van der Waals surface area contributed by atoms with Crippen LogP contribution < -0.4 is 16.0 Å². The zero-order valence-electron chi connectivity index (χ0n) is 21.5. The highest BCUT2D eigenvalue weighted by Gasteiger charge is 2.38. The van der Waals surface area contributed by atoms with Gasteiger partial charge in [0.25, 0.3) is 5.91 Å². The maximum absolute atomic E-state index is 13.4. The Morgan fingerprint density at radius 3 is 2.44 bits per heavy atom. The van der Waals surface area contributed by atoms with E-state index in [1.54, 1.807) is 0 Å². The number of aromatic amines is 1. The van der Waals surface area contributed by atoms with Crippen LogP contribution in [0.25, 0.3) is 10.9 Å². The molecule has 0 aliphatic carbocycles. The number of esters is 1. The summed E-state index contributed by atoms with van der Waals surface area (Å²) in [6.07, 6.45) is 4.76. The summed E-state index contributed by atoms with van der Waals surface area (Å²) in [7, 11) is 2.86. The van der Waals surface area contributed by atoms with Crippen LogP contribution >= 0.6 is 12.6 Å². The second-order valence-corrected chi connectivity index (χ2v) is 10.1. The summed E-state index contributed by atoms with van der Waals surface area (Å²) in [5.41, 5.74) is 1.83. The van der Waals surface area contributed by atoms with Gasteiger partial charge in [0.2, 0.25) is 11.8 Å². The number of fused-ring (bicyclic) bond motifs is 1. The highest BCUT2D eigenvalue weighted by atomic mass is 32.1. The molecule has 2 atom stereocenters. The molecule has 0 fully saturated rings. The SMILES string of the molecule is CNC(=O)[C@H](Cc1c[nH]c2ccccc12)NC(=O)[C@](S)(CC(C)C)NC(=O)CCCCCC(=O)OC. The number of H-pyrrole nitrogens is 1. The van der Waals surface area contributed by atoms with Gasteiger partial charge in [0, 0.05) is 43.4 Å². The van der Waals surface area contributed by atoms with Crippen molar-refractivity contribution in [3.05, 3.63) is 36.0 Å². The number of benzene rings is 1. The summed E-state index contributed by atoms with van der Waals surface area (Å²) in [4.78, 5) is 51.6. The lowest BCUT2D eigenvalue weighted by molar-refractivity contribution is -0.140. The number of likely N-dealkylation sites (N-methyl/N-ethyl adjacent to an activating group) is 1. The van der Waals surface area contributed by atoms with Crippen molar-refractivity contribution in [1.82, 2.24) is 20.9 Å². The van der Waals surface area contributed by atoms with Crippen LogP contribution in [0.4, 0.5) is 0 Å². The summed E-state index contributed by atoms with van der Waals surface area (Å²) < 4.78 is 4.61. The van der Waals surface area contributed by atoms with E-state index in [2.05, 4.69) is 38.3 Å². The largest absolute Gasteiger partial charge is 0.469 e. The van der Waals surface area contributed by atoms with Crippen molar-refractivity contribution in [3.8, 4) is 0 Å². The number of para-hydroxylation sites is 1. The topological polar surface area (TPSA) is 129 Å². The molecule has 0 radical (unpaired) electrons. The minimum Gasteiger partial charge on any atom is -0.469 e. The molecule has 1 aromatic carbocycles. The normalized spacial score (nSPS) is 13.6. The number of unbranched alkanes of at least 4 members (excludes halogenated alkanes) is 2. The minimum absolute atomic E-state index is 0.0562. The van der Waals surface area contributed by atoms with Gasteiger partial charge in [-0.15, -0.1) is 12.6 Å². The summed E-state index contributed by atoms with van der Waals surface area (Å²) >= 11 is 4.60. The Labute approximate surface area is 217 Å². The third-order valence-corrected chi connectivity index (χ3v) is 6.40. The van der Waals surface area contributed by atoms with Gasteiger partial charge in [-0.3, -0.25) is 19.2 Å². The molecule has 0 aliphatic rings. The van der Waals surface area contributed by atoms with Gasteiger partial charge in [-0.25, -0.2) is 0 Å². The maximum Gasteiger partial charge on any atom is 0.305 e. The van der Waals surface area contributed by atoms with Crippen molar-refractivity contribution in [2.45, 2.75) is 69.7 Å². The molecule has 3 amide bonds. The number of thiol groups is 1. The second-order valence-electron chi connectivity index (χ2n) is 9.35. The molecule has 0 saturated heterocycles. The minimum atomic E-state index is -1.48. The van der Waals surface area contributed by atoms with E-state index in [4.69, 9.17) is 0 Å². The fourth-order valence-corrected chi connectivity index (χ4v) is 4.65. The zero-order valence-corrected chi connectivity index (χ0v) is 22.4. The Bertz CT molecular complexity index is 1050. The van der Waals surface area contributed by atoms with Gasteiger partial charge in [0.05, 0.1) is 7.11 Å². The van der Waals surface area contributed by atoms with Crippen molar-refractivity contribution >= 4 is 47.2 Å². The van der Waals surface area contributed by atoms with Crippen LogP contribution in [0.5, 0.6) is 0 Å². The standard InChI is InChI=1S/C26H38N4O5S/c1-17(2)15-26(36,30-22(31)12-6-5-7-13-23(32)35-4)25(34)29-21(24(33)27-3)14-18-16-28-20-11-9-8-10-19(18)20/h8-11,16-17,21,28,36H,5-7,12-15H2,1-4H3,(H,27,33)(H,29,34)(H,30,31)/t21-,26+/m0/s1. The molecule has 9 nitrogen and oxygen atoms in total. The van der Waals surface area contributed by atoms with Crippen LogP contribution in [-0.2, 0) is 30.3 Å². The number of carbonyl (C=O) groups excluding carboxylic acids is 4. The molecule has 10 heteroatoms. The van der Waals surface area contributed by atoms with Gasteiger partial charge in [-0.1, -0.05) is 38.5 Å². The first-order valence-electron chi connectivity index (χ1n) is 12.3. The zero-order chi connectivity index (χ0) is 26.7. The van der Waals surface area contributed by atoms with E-state index in [9.17, 15) is 19.2 Å². The molecule has 1 heterocycles. The number of rotatable bonds is 14. The van der Waals surface area contributed by atoms with E-state index < -0.39 is 16.8 Å². The van der Waals surface area contributed by atoms with Gasteiger partial charge in [-0.2, -0.15) is 0 Å². The van der Waals surface area contributed by atoms with Crippen molar-refractivity contribution < 1.29 is 23.9 Å². The van der Waals surface area contributed by atoms with Gasteiger partial charge in [0.15, 0.2) is 4.87 Å². The Kier molecular flexibility index (Phi) is 11.3. The number of aromatic nitrogens is 1. The Hall–Kier alpha value is -3.01. The van der Waals surface area contributed by atoms with Crippen molar-refractivity contribution in [1.29, 1.82) is 0 Å². The molecular weight excluding hydrogens is 480 g/mol. The molecule has 0 unspecified atom stereocenters. The first-order valence-corrected chi connectivity index (χ1v) is 12.7. The number of amides is 3. The lowest BCUT2D eigenvalue weighted by Crippen LogP contribution is -2.59. The number of nitrogens with one attached hydrogen (secondary N) is 4. The number of hydrogen-bond donors (Lipinski definition) is 5. The van der Waals surface area contributed by atoms with Crippen LogP contribution in [0, 0.1) is 5.92 Å². The average molecular weight is 519 g/mol. The molecule has 0 spiro atoms. The molecule has 198 valence electrons. The maximum atomic E-state index is 13.4. The van der Waals surface area contributed by atoms with Crippen LogP contribution in [0.1, 0.15) is 57.9 Å². The van der Waals surface area contributed by atoms with E-state index in [0.717, 1.165) is 16.5 Å². The molecule has 0 saturated carbocycles. The van der Waals surface area contributed by atoms with Crippen LogP contribution in [0.2, 0.25) is 0 Å². The second kappa shape index (κ2) is 13.9. The molecule has 4 N–H and O–H groups in total. The number of methoxy groups -OCH3 is 1. The quantitative estimate of drug-likeness (QED) is 0.114. The fraction of sp³-hybridized carbons (Fsp3) is 0.538. The third-order valence-electron chi connectivity index (χ3n) is 5.91. The van der Waals surface area contributed by atoms with E-state index in [1.807, 2.05) is 44.3 Å². The first kappa shape index (κ1) is 29.2. The molecule has 2 aromatic rings. The van der Waals surface area contributed by atoms with E-state index in [1.165, 1.54) is 14.2 Å². The lowest BCUT2D eigenvalue weighted by Gasteiger charge is -2.32. The predicted octanol–water partition coefficient (Wildman–Crippen LogP) is 2.85. The summed E-state index contributed by atoms with van der Waals surface area (Å²) in [6.45, 7) is 3.86. The molecule has 36 heavy (non-hydrogen) atoms. The molecular formula is C26H38N4O5S. The summed E-state index contributed by atoms with van der Waals surface area (Å²) in [5, 5.41) is 9.16. The van der Waals surface area contributed by atoms with Crippen LogP contribution in [0.15, 0.2) is 30.5 Å². The van der Waals surface area contributed by atoms with Gasteiger partial charge in [0.1, 0.15) is 6.04 Å². The lowest BCUT2D eigenvalue weighted by atomic mass is 9.99. The van der Waals surface area contributed by atoms with Crippen molar-refractivity contribution in [2.24, 2.45) is 5.92 Å². The molecule has 1 aromatic heterocycles. The molecule has 0 aliphatic heterocycles. The van der Waals surface area contributed by atoms with Gasteiger partial charge < -0.3 is 25.7 Å². The highest BCUT2D eigenvalue weighted by Crippen LogP contribution is 2.24. The van der Waals surface area contributed by atoms with Crippen LogP contribution in [-0.4, -0.2) is 53.7 Å². The Balaban J connectivity index is 2.07. The van der Waals surface area contributed by atoms with E-state index in [0.29, 0.717) is 25.7 Å². The number of hydrogen-bond acceptors (Lipinski definition) is 6. The Morgan fingerprint density at radius 1 is 1.08 bits per heavy atom. The number of carbonyl (C=O) groups is 4. The smallest absolute Gasteiger partial charge is 0.305 e. The predicted molar refractivity (Wildman–Crippen MR) is 142 cm³/mol. The van der Waals surface area contributed by atoms with Crippen LogP contribution in [0.3, 0.4) is 0 Å². The molecule has 0 bridgehead atoms.